The molecule has 0 aliphatic heterocycles. The highest BCUT2D eigenvalue weighted by Gasteiger charge is 2.09. The van der Waals surface area contributed by atoms with Crippen molar-refractivity contribution in [3.8, 4) is 17.6 Å². The van der Waals surface area contributed by atoms with Gasteiger partial charge in [0.2, 0.25) is 0 Å². The number of phenolic OH excluding ortho intramolecular Hbond substituents is 2. The van der Waals surface area contributed by atoms with E-state index in [1.54, 1.807) is 0 Å². The van der Waals surface area contributed by atoms with E-state index in [0.29, 0.717) is 18.7 Å². The smallest absolute Gasteiger partial charge is 0.261 e. The summed E-state index contributed by atoms with van der Waals surface area (Å²) in [5, 5.41) is 30.2. The second-order valence-electron chi connectivity index (χ2n) is 4.48. The van der Waals surface area contributed by atoms with Crippen molar-refractivity contribution in [2.24, 2.45) is 0 Å². The van der Waals surface area contributed by atoms with E-state index in [9.17, 15) is 15.0 Å². The lowest BCUT2D eigenvalue weighted by Crippen LogP contribution is -2.31. The fourth-order valence-corrected chi connectivity index (χ4v) is 1.43. The molecule has 0 aliphatic rings. The lowest BCUT2D eigenvalue weighted by molar-refractivity contribution is -0.117. The van der Waals surface area contributed by atoms with Gasteiger partial charge in [0.1, 0.15) is 11.6 Å². The van der Waals surface area contributed by atoms with Gasteiger partial charge in [0.05, 0.1) is 0 Å². The maximum Gasteiger partial charge on any atom is 0.261 e. The molecule has 1 amide bonds. The average molecular weight is 275 g/mol. The summed E-state index contributed by atoms with van der Waals surface area (Å²) in [6.45, 7) is 1.11. The van der Waals surface area contributed by atoms with Gasteiger partial charge >= 0.3 is 0 Å². The molecule has 0 saturated heterocycles. The van der Waals surface area contributed by atoms with Crippen molar-refractivity contribution in [2.45, 2.75) is 0 Å². The third kappa shape index (κ3) is 4.63. The summed E-state index contributed by atoms with van der Waals surface area (Å²) in [7, 11) is 3.76. The molecule has 106 valence electrons. The van der Waals surface area contributed by atoms with Crippen LogP contribution in [0.2, 0.25) is 0 Å². The molecule has 0 atom stereocenters. The van der Waals surface area contributed by atoms with Crippen LogP contribution in [0.15, 0.2) is 23.8 Å². The quantitative estimate of drug-likeness (QED) is 0.417. The summed E-state index contributed by atoms with van der Waals surface area (Å²) >= 11 is 0. The number of phenols is 2. The van der Waals surface area contributed by atoms with Gasteiger partial charge in [-0.3, -0.25) is 4.79 Å². The molecule has 6 heteroatoms. The fourth-order valence-electron chi connectivity index (χ4n) is 1.43. The first-order chi connectivity index (χ1) is 9.43. The molecule has 0 bridgehead atoms. The van der Waals surface area contributed by atoms with Crippen LogP contribution in [-0.4, -0.2) is 48.2 Å². The number of nitrogens with zero attached hydrogens (tertiary/aromatic N) is 2. The lowest BCUT2D eigenvalue weighted by Gasteiger charge is -2.09. The van der Waals surface area contributed by atoms with Gasteiger partial charge in [-0.25, -0.2) is 0 Å². The fraction of sp³-hybridized carbons (Fsp3) is 0.286. The number of carbonyl (C=O) groups is 1. The Morgan fingerprint density at radius 1 is 1.40 bits per heavy atom. The molecule has 0 aromatic heterocycles. The minimum atomic E-state index is -0.470. The van der Waals surface area contributed by atoms with Crippen LogP contribution in [-0.2, 0) is 4.79 Å². The highest BCUT2D eigenvalue weighted by atomic mass is 16.3. The van der Waals surface area contributed by atoms with Crippen LogP contribution in [0.3, 0.4) is 0 Å². The number of nitriles is 1. The average Bonchev–Trinajstić information content (AvgIpc) is 2.39. The van der Waals surface area contributed by atoms with E-state index in [2.05, 4.69) is 5.32 Å². The van der Waals surface area contributed by atoms with Crippen LogP contribution < -0.4 is 5.32 Å². The first-order valence-electron chi connectivity index (χ1n) is 6.00. The summed E-state index contributed by atoms with van der Waals surface area (Å²) in [5.41, 5.74) is 0.397. The zero-order valence-electron chi connectivity index (χ0n) is 11.4. The SMILES string of the molecule is CN(C)CCNC(=O)/C(C#N)=C/c1ccc(O)c(O)c1. The lowest BCUT2D eigenvalue weighted by atomic mass is 10.1. The molecule has 0 unspecified atom stereocenters. The van der Waals surface area contributed by atoms with Gasteiger partial charge in [0.15, 0.2) is 11.5 Å². The van der Waals surface area contributed by atoms with Crippen molar-refractivity contribution in [3.05, 3.63) is 29.3 Å². The molecule has 20 heavy (non-hydrogen) atoms. The van der Waals surface area contributed by atoms with Gasteiger partial charge in [-0.15, -0.1) is 0 Å². The van der Waals surface area contributed by atoms with E-state index in [0.717, 1.165) is 0 Å². The molecule has 0 aliphatic carbocycles. The molecular formula is C14H17N3O3. The highest BCUT2D eigenvalue weighted by Crippen LogP contribution is 2.25. The molecule has 1 aromatic rings. The molecule has 0 saturated carbocycles. The summed E-state index contributed by atoms with van der Waals surface area (Å²) in [5.74, 6) is -1.03. The van der Waals surface area contributed by atoms with Crippen LogP contribution in [0.1, 0.15) is 5.56 Å². The number of hydrogen-bond donors (Lipinski definition) is 3. The molecule has 0 radical (unpaired) electrons. The first kappa shape index (κ1) is 15.5. The zero-order chi connectivity index (χ0) is 15.1. The zero-order valence-corrected chi connectivity index (χ0v) is 11.4. The number of amides is 1. The van der Waals surface area contributed by atoms with Crippen LogP contribution in [0.25, 0.3) is 6.08 Å². The van der Waals surface area contributed by atoms with Gasteiger partial charge in [0.25, 0.3) is 5.91 Å². The third-order valence-electron chi connectivity index (χ3n) is 2.52. The third-order valence-corrected chi connectivity index (χ3v) is 2.52. The number of rotatable bonds is 5. The van der Waals surface area contributed by atoms with Crippen molar-refractivity contribution in [3.63, 3.8) is 0 Å². The van der Waals surface area contributed by atoms with Gasteiger partial charge in [-0.1, -0.05) is 6.07 Å². The number of aromatic hydroxyl groups is 2. The highest BCUT2D eigenvalue weighted by molar-refractivity contribution is 6.01. The Labute approximate surface area is 117 Å². The van der Waals surface area contributed by atoms with E-state index < -0.39 is 5.91 Å². The number of likely N-dealkylation sites (N-methyl/N-ethyl adjacent to an activating group) is 1. The Kier molecular flexibility index (Phi) is 5.56. The standard InChI is InChI=1S/C14H17N3O3/c1-17(2)6-5-16-14(20)11(9-15)7-10-3-4-12(18)13(19)8-10/h3-4,7-8,18-19H,5-6H2,1-2H3,(H,16,20)/b11-7+. The predicted octanol–water partition coefficient (Wildman–Crippen LogP) is 0.683. The van der Waals surface area contributed by atoms with Crippen LogP contribution in [0, 0.1) is 11.3 Å². The van der Waals surface area contributed by atoms with Crippen molar-refractivity contribution in [1.82, 2.24) is 10.2 Å². The number of carbonyl (C=O) groups excluding carboxylic acids is 1. The summed E-state index contributed by atoms with van der Waals surface area (Å²) < 4.78 is 0. The van der Waals surface area contributed by atoms with Gasteiger partial charge in [-0.2, -0.15) is 5.26 Å². The summed E-state index contributed by atoms with van der Waals surface area (Å²) in [4.78, 5) is 13.7. The second-order valence-corrected chi connectivity index (χ2v) is 4.48. The maximum atomic E-state index is 11.8. The monoisotopic (exact) mass is 275 g/mol. The molecule has 6 nitrogen and oxygen atoms in total. The second kappa shape index (κ2) is 7.16. The molecular weight excluding hydrogens is 258 g/mol. The van der Waals surface area contributed by atoms with Crippen molar-refractivity contribution < 1.29 is 15.0 Å². The van der Waals surface area contributed by atoms with Crippen LogP contribution >= 0.6 is 0 Å². The van der Waals surface area contributed by atoms with Crippen molar-refractivity contribution in [2.75, 3.05) is 27.2 Å². The molecule has 0 spiro atoms. The largest absolute Gasteiger partial charge is 0.504 e. The van der Waals surface area contributed by atoms with Gasteiger partial charge in [-0.05, 0) is 37.9 Å². The number of hydrogen-bond acceptors (Lipinski definition) is 5. The molecule has 0 fully saturated rings. The van der Waals surface area contributed by atoms with Crippen LogP contribution in [0.4, 0.5) is 0 Å². The number of benzene rings is 1. The van der Waals surface area contributed by atoms with Gasteiger partial charge < -0.3 is 20.4 Å². The number of nitrogens with one attached hydrogen (secondary N) is 1. The molecule has 3 N–H and O–H groups in total. The van der Waals surface area contributed by atoms with E-state index in [-0.39, 0.29) is 17.1 Å². The Morgan fingerprint density at radius 2 is 2.10 bits per heavy atom. The van der Waals surface area contributed by atoms with Gasteiger partial charge in [0, 0.05) is 13.1 Å². The molecule has 1 aromatic carbocycles. The first-order valence-corrected chi connectivity index (χ1v) is 6.00. The normalized spacial score (nSPS) is 11.2. The molecule has 0 heterocycles. The van der Waals surface area contributed by atoms with E-state index in [4.69, 9.17) is 5.26 Å². The Hall–Kier alpha value is -2.52. The van der Waals surface area contributed by atoms with Crippen LogP contribution in [0.5, 0.6) is 11.5 Å². The minimum Gasteiger partial charge on any atom is -0.504 e. The predicted molar refractivity (Wildman–Crippen MR) is 74.9 cm³/mol. The topological polar surface area (TPSA) is 96.6 Å². The van der Waals surface area contributed by atoms with E-state index >= 15 is 0 Å². The summed E-state index contributed by atoms with van der Waals surface area (Å²) in [6.07, 6.45) is 1.35. The minimum absolute atomic E-state index is 0.0613. The Bertz CT molecular complexity index is 559. The maximum absolute atomic E-state index is 11.8. The Balaban J connectivity index is 2.79. The van der Waals surface area contributed by atoms with Crippen molar-refractivity contribution >= 4 is 12.0 Å². The summed E-state index contributed by atoms with van der Waals surface area (Å²) in [6, 6.07) is 5.88. The van der Waals surface area contributed by atoms with E-state index in [1.165, 1.54) is 24.3 Å². The van der Waals surface area contributed by atoms with E-state index in [1.807, 2.05) is 25.1 Å². The molecule has 1 rings (SSSR count). The Morgan fingerprint density at radius 3 is 2.65 bits per heavy atom. The van der Waals surface area contributed by atoms with Crippen molar-refractivity contribution in [1.29, 1.82) is 5.26 Å².